The highest BCUT2D eigenvalue weighted by Crippen LogP contribution is 2.27. The summed E-state index contributed by atoms with van der Waals surface area (Å²) in [7, 11) is 1.57. The monoisotopic (exact) mass is 326 g/mol. The predicted molar refractivity (Wildman–Crippen MR) is 89.0 cm³/mol. The van der Waals surface area contributed by atoms with Crippen molar-refractivity contribution in [2.24, 2.45) is 0 Å². The van der Waals surface area contributed by atoms with Crippen molar-refractivity contribution in [3.8, 4) is 5.75 Å². The summed E-state index contributed by atoms with van der Waals surface area (Å²) in [6, 6.07) is 5.20. The average molecular weight is 327 g/mol. The number of benzene rings is 1. The molecule has 0 spiro atoms. The molecule has 1 fully saturated rings. The fraction of sp³-hybridized carbons (Fsp3) is 0.562. The Labute approximate surface area is 137 Å². The summed E-state index contributed by atoms with van der Waals surface area (Å²) < 4.78 is 5.23. The summed E-state index contributed by atoms with van der Waals surface area (Å²) in [4.78, 5) is 13.8. The van der Waals surface area contributed by atoms with Crippen LogP contribution in [0.25, 0.3) is 0 Å². The molecular weight excluding hydrogens is 302 g/mol. The number of amides is 2. The largest absolute Gasteiger partial charge is 0.495 e. The Morgan fingerprint density at radius 1 is 1.41 bits per heavy atom. The highest BCUT2D eigenvalue weighted by atomic mass is 35.5. The number of anilines is 1. The van der Waals surface area contributed by atoms with E-state index in [9.17, 15) is 4.79 Å². The number of quaternary nitrogens is 1. The molecule has 0 unspecified atom stereocenters. The van der Waals surface area contributed by atoms with Crippen LogP contribution >= 0.6 is 11.6 Å². The number of urea groups is 1. The van der Waals surface area contributed by atoms with Crippen LogP contribution in [0.3, 0.4) is 0 Å². The third-order valence-corrected chi connectivity index (χ3v) is 4.28. The van der Waals surface area contributed by atoms with Crippen LogP contribution in [0.2, 0.25) is 5.02 Å². The van der Waals surface area contributed by atoms with Gasteiger partial charge in [-0.15, -0.1) is 0 Å². The van der Waals surface area contributed by atoms with Crippen molar-refractivity contribution in [1.29, 1.82) is 0 Å². The van der Waals surface area contributed by atoms with Crippen molar-refractivity contribution in [3.63, 3.8) is 0 Å². The van der Waals surface area contributed by atoms with Crippen LogP contribution in [0.15, 0.2) is 18.2 Å². The number of methoxy groups -OCH3 is 1. The van der Waals surface area contributed by atoms with Crippen molar-refractivity contribution in [1.82, 2.24) is 5.32 Å². The summed E-state index contributed by atoms with van der Waals surface area (Å²) in [6.45, 7) is 5.68. The topological polar surface area (TPSA) is 54.8 Å². The maximum atomic E-state index is 12.1. The molecule has 5 nitrogen and oxygen atoms in total. The molecule has 1 aliphatic rings. The van der Waals surface area contributed by atoms with Crippen LogP contribution in [0.1, 0.15) is 26.2 Å². The number of carbonyl (C=O) groups excluding carboxylic acids is 1. The highest BCUT2D eigenvalue weighted by Gasteiger charge is 2.23. The smallest absolute Gasteiger partial charge is 0.319 e. The molecule has 1 heterocycles. The quantitative estimate of drug-likeness (QED) is 0.774. The number of nitrogens with one attached hydrogen (secondary N) is 3. The standard InChI is InChI=1S/C16H24ClN3O2/c1-3-8-20-9-6-13(7-10-20)18-16(21)19-14-11-12(17)4-5-15(14)22-2/h4-5,11,13H,3,6-10H2,1-2H3,(H2,18,19,21)/p+1. The van der Waals surface area contributed by atoms with Crippen molar-refractivity contribution in [2.75, 3.05) is 32.1 Å². The molecule has 0 aliphatic carbocycles. The van der Waals surface area contributed by atoms with E-state index in [2.05, 4.69) is 17.6 Å². The van der Waals surface area contributed by atoms with Gasteiger partial charge in [0.05, 0.1) is 32.4 Å². The second kappa shape index (κ2) is 8.25. The zero-order valence-corrected chi connectivity index (χ0v) is 14.0. The third kappa shape index (κ3) is 4.78. The first kappa shape index (κ1) is 16.9. The first-order valence-corrected chi connectivity index (χ1v) is 8.24. The fourth-order valence-electron chi connectivity index (χ4n) is 2.90. The van der Waals surface area contributed by atoms with Gasteiger partial charge in [-0.25, -0.2) is 4.79 Å². The molecule has 22 heavy (non-hydrogen) atoms. The van der Waals surface area contributed by atoms with E-state index in [4.69, 9.17) is 16.3 Å². The van der Waals surface area contributed by atoms with E-state index in [1.165, 1.54) is 13.0 Å². The molecule has 0 aromatic heterocycles. The first-order valence-electron chi connectivity index (χ1n) is 7.87. The summed E-state index contributed by atoms with van der Waals surface area (Å²) in [6.07, 6.45) is 3.26. The minimum absolute atomic E-state index is 0.204. The number of halogens is 1. The second-order valence-electron chi connectivity index (χ2n) is 5.72. The maximum absolute atomic E-state index is 12.1. The molecule has 2 amide bonds. The Bertz CT molecular complexity index is 502. The van der Waals surface area contributed by atoms with Crippen molar-refractivity contribution in [2.45, 2.75) is 32.2 Å². The highest BCUT2D eigenvalue weighted by molar-refractivity contribution is 6.31. The van der Waals surface area contributed by atoms with Gasteiger partial charge in [0.1, 0.15) is 5.75 Å². The lowest BCUT2D eigenvalue weighted by Gasteiger charge is -2.29. The first-order chi connectivity index (χ1) is 10.6. The van der Waals surface area contributed by atoms with Crippen molar-refractivity contribution < 1.29 is 14.4 Å². The number of ether oxygens (including phenoxy) is 1. The molecule has 1 saturated heterocycles. The molecule has 1 aliphatic heterocycles. The molecule has 122 valence electrons. The van der Waals surface area contributed by atoms with Gasteiger partial charge in [0.15, 0.2) is 0 Å². The van der Waals surface area contributed by atoms with Gasteiger partial charge in [-0.05, 0) is 24.6 Å². The molecule has 1 aromatic carbocycles. The maximum Gasteiger partial charge on any atom is 0.319 e. The van der Waals surface area contributed by atoms with Crippen molar-refractivity contribution in [3.05, 3.63) is 23.2 Å². The van der Waals surface area contributed by atoms with E-state index >= 15 is 0 Å². The Morgan fingerprint density at radius 2 is 2.14 bits per heavy atom. The Hall–Kier alpha value is -1.46. The number of rotatable bonds is 5. The molecular formula is C16H25ClN3O2+. The molecule has 3 N–H and O–H groups in total. The van der Waals surface area contributed by atoms with Gasteiger partial charge in [-0.1, -0.05) is 18.5 Å². The van der Waals surface area contributed by atoms with E-state index in [1.807, 2.05) is 0 Å². The summed E-state index contributed by atoms with van der Waals surface area (Å²) in [5.74, 6) is 0.599. The van der Waals surface area contributed by atoms with Crippen LogP contribution in [0.4, 0.5) is 10.5 Å². The zero-order valence-electron chi connectivity index (χ0n) is 13.2. The molecule has 0 atom stereocenters. The van der Waals surface area contributed by atoms with Crippen LogP contribution in [0.5, 0.6) is 5.75 Å². The number of hydrogen-bond donors (Lipinski definition) is 3. The van der Waals surface area contributed by atoms with Crippen LogP contribution in [0, 0.1) is 0 Å². The second-order valence-corrected chi connectivity index (χ2v) is 6.15. The van der Waals surface area contributed by atoms with Gasteiger partial charge in [-0.3, -0.25) is 0 Å². The van der Waals surface area contributed by atoms with E-state index in [0.717, 1.165) is 25.9 Å². The van der Waals surface area contributed by atoms with Crippen LogP contribution in [-0.4, -0.2) is 38.8 Å². The van der Waals surface area contributed by atoms with Gasteiger partial charge in [0, 0.05) is 23.9 Å². The van der Waals surface area contributed by atoms with E-state index in [1.54, 1.807) is 30.2 Å². The number of hydrogen-bond acceptors (Lipinski definition) is 2. The number of likely N-dealkylation sites (tertiary alicyclic amines) is 1. The average Bonchev–Trinajstić information content (AvgIpc) is 2.50. The molecule has 0 bridgehead atoms. The summed E-state index contributed by atoms with van der Waals surface area (Å²) in [5, 5.41) is 6.42. The lowest BCUT2D eigenvalue weighted by atomic mass is 10.1. The Balaban J connectivity index is 1.85. The fourth-order valence-corrected chi connectivity index (χ4v) is 3.07. The van der Waals surface area contributed by atoms with Crippen molar-refractivity contribution >= 4 is 23.3 Å². The van der Waals surface area contributed by atoms with Gasteiger partial charge in [0.25, 0.3) is 0 Å². The van der Waals surface area contributed by atoms with E-state index in [-0.39, 0.29) is 12.1 Å². The minimum atomic E-state index is -0.204. The van der Waals surface area contributed by atoms with Crippen LogP contribution < -0.4 is 20.3 Å². The molecule has 6 heteroatoms. The zero-order chi connectivity index (χ0) is 15.9. The lowest BCUT2D eigenvalue weighted by molar-refractivity contribution is -0.905. The SMILES string of the molecule is CCC[NH+]1CCC(NC(=O)Nc2cc(Cl)ccc2OC)CC1. The number of piperidine rings is 1. The number of carbonyl (C=O) groups is 1. The summed E-state index contributed by atoms with van der Waals surface area (Å²) in [5.41, 5.74) is 0.585. The lowest BCUT2D eigenvalue weighted by Crippen LogP contribution is -3.13. The molecule has 2 rings (SSSR count). The molecule has 1 aromatic rings. The van der Waals surface area contributed by atoms with Gasteiger partial charge < -0.3 is 20.3 Å². The summed E-state index contributed by atoms with van der Waals surface area (Å²) >= 11 is 5.96. The van der Waals surface area contributed by atoms with Gasteiger partial charge in [0.2, 0.25) is 0 Å². The van der Waals surface area contributed by atoms with Gasteiger partial charge in [-0.2, -0.15) is 0 Å². The Kier molecular flexibility index (Phi) is 6.34. The van der Waals surface area contributed by atoms with E-state index < -0.39 is 0 Å². The molecule has 0 radical (unpaired) electrons. The Morgan fingerprint density at radius 3 is 2.77 bits per heavy atom. The van der Waals surface area contributed by atoms with Crippen LogP contribution in [-0.2, 0) is 0 Å². The van der Waals surface area contributed by atoms with Gasteiger partial charge >= 0.3 is 6.03 Å². The predicted octanol–water partition coefficient (Wildman–Crippen LogP) is 1.93. The third-order valence-electron chi connectivity index (χ3n) is 4.04. The molecule has 0 saturated carbocycles. The normalized spacial score (nSPS) is 21.2. The van der Waals surface area contributed by atoms with E-state index in [0.29, 0.717) is 16.5 Å². The minimum Gasteiger partial charge on any atom is -0.495 e.